The van der Waals surface area contributed by atoms with Gasteiger partial charge in [0.15, 0.2) is 0 Å². The molecule has 1 heterocycles. The van der Waals surface area contributed by atoms with Crippen molar-refractivity contribution in [1.29, 1.82) is 0 Å². The summed E-state index contributed by atoms with van der Waals surface area (Å²) in [5.41, 5.74) is 1.87. The van der Waals surface area contributed by atoms with Gasteiger partial charge in [-0.15, -0.1) is 0 Å². The predicted molar refractivity (Wildman–Crippen MR) is 83.4 cm³/mol. The zero-order chi connectivity index (χ0) is 14.8. The first-order valence-corrected chi connectivity index (χ1v) is 6.97. The Labute approximate surface area is 123 Å². The second-order valence-corrected chi connectivity index (χ2v) is 5.31. The quantitative estimate of drug-likeness (QED) is 0.793. The van der Waals surface area contributed by atoms with Crippen molar-refractivity contribution >= 4 is 16.7 Å². The van der Waals surface area contributed by atoms with Crippen molar-refractivity contribution in [3.05, 3.63) is 72.1 Å². The second kappa shape index (κ2) is 5.44. The number of hydrogen-bond donors (Lipinski definition) is 1. The third kappa shape index (κ3) is 2.68. The minimum Gasteiger partial charge on any atom is -0.481 e. The molecule has 0 aliphatic heterocycles. The van der Waals surface area contributed by atoms with Gasteiger partial charge in [0, 0.05) is 25.4 Å². The molecule has 0 amide bonds. The molecule has 0 bridgehead atoms. The van der Waals surface area contributed by atoms with Gasteiger partial charge >= 0.3 is 5.97 Å². The summed E-state index contributed by atoms with van der Waals surface area (Å²) in [6.07, 6.45) is 2.44. The van der Waals surface area contributed by atoms with Crippen LogP contribution in [0.4, 0.5) is 0 Å². The number of benzene rings is 2. The maximum Gasteiger partial charge on any atom is 0.311 e. The summed E-state index contributed by atoms with van der Waals surface area (Å²) < 4.78 is 1.97. The third-order valence-corrected chi connectivity index (χ3v) is 3.94. The standard InChI is InChI=1S/C18H17NO2/c1-19-10-4-7-16(19)12-17(18(20)21)15-9-8-13-5-2-3-6-14(13)11-15/h2-11,17H,12H2,1H3,(H,20,21). The number of aliphatic carboxylic acids is 1. The summed E-state index contributed by atoms with van der Waals surface area (Å²) >= 11 is 0. The van der Waals surface area contributed by atoms with Gasteiger partial charge in [-0.3, -0.25) is 4.79 Å². The molecule has 21 heavy (non-hydrogen) atoms. The van der Waals surface area contributed by atoms with Crippen molar-refractivity contribution < 1.29 is 9.90 Å². The van der Waals surface area contributed by atoms with Crippen LogP contribution in [0.15, 0.2) is 60.8 Å². The summed E-state index contributed by atoms with van der Waals surface area (Å²) in [5, 5.41) is 11.8. The van der Waals surface area contributed by atoms with Crippen LogP contribution in [-0.2, 0) is 18.3 Å². The molecule has 0 aliphatic rings. The van der Waals surface area contributed by atoms with E-state index in [4.69, 9.17) is 0 Å². The van der Waals surface area contributed by atoms with E-state index in [1.54, 1.807) is 0 Å². The van der Waals surface area contributed by atoms with Crippen LogP contribution in [0.1, 0.15) is 17.2 Å². The van der Waals surface area contributed by atoms with Gasteiger partial charge in [0.25, 0.3) is 0 Å². The SMILES string of the molecule is Cn1cccc1CC(C(=O)O)c1ccc2ccccc2c1. The highest BCUT2D eigenvalue weighted by atomic mass is 16.4. The summed E-state index contributed by atoms with van der Waals surface area (Å²) in [7, 11) is 1.94. The Hall–Kier alpha value is -2.55. The van der Waals surface area contributed by atoms with Crippen LogP contribution in [0.2, 0.25) is 0 Å². The first-order valence-electron chi connectivity index (χ1n) is 6.97. The zero-order valence-corrected chi connectivity index (χ0v) is 11.9. The van der Waals surface area contributed by atoms with E-state index in [9.17, 15) is 9.90 Å². The molecule has 1 N–H and O–H groups in total. The van der Waals surface area contributed by atoms with Gasteiger partial charge in [0.05, 0.1) is 5.92 Å². The second-order valence-electron chi connectivity index (χ2n) is 5.31. The molecule has 0 radical (unpaired) electrons. The maximum absolute atomic E-state index is 11.7. The van der Waals surface area contributed by atoms with E-state index in [1.807, 2.05) is 72.4 Å². The van der Waals surface area contributed by atoms with E-state index < -0.39 is 11.9 Å². The minimum atomic E-state index is -0.786. The fourth-order valence-corrected chi connectivity index (χ4v) is 2.69. The van der Waals surface area contributed by atoms with E-state index in [0.29, 0.717) is 6.42 Å². The molecule has 3 rings (SSSR count). The van der Waals surface area contributed by atoms with Crippen LogP contribution in [0.25, 0.3) is 10.8 Å². The molecular formula is C18H17NO2. The van der Waals surface area contributed by atoms with Crippen LogP contribution in [0.3, 0.4) is 0 Å². The number of carboxylic acids is 1. The fourth-order valence-electron chi connectivity index (χ4n) is 2.69. The Balaban J connectivity index is 1.99. The smallest absolute Gasteiger partial charge is 0.311 e. The van der Waals surface area contributed by atoms with Gasteiger partial charge in [0.2, 0.25) is 0 Å². The fraction of sp³-hybridized carbons (Fsp3) is 0.167. The molecule has 3 nitrogen and oxygen atoms in total. The first-order chi connectivity index (χ1) is 10.1. The molecule has 0 saturated carbocycles. The van der Waals surface area contributed by atoms with Gasteiger partial charge in [0.1, 0.15) is 0 Å². The minimum absolute atomic E-state index is 0.497. The number of carbonyl (C=O) groups is 1. The summed E-state index contributed by atoms with van der Waals surface area (Å²) in [6, 6.07) is 17.8. The number of fused-ring (bicyclic) bond motifs is 1. The molecule has 2 aromatic carbocycles. The van der Waals surface area contributed by atoms with Gasteiger partial charge in [-0.05, 0) is 28.5 Å². The zero-order valence-electron chi connectivity index (χ0n) is 11.9. The number of rotatable bonds is 4. The molecule has 0 aliphatic carbocycles. The molecule has 3 aromatic rings. The molecule has 3 heteroatoms. The number of nitrogens with zero attached hydrogens (tertiary/aromatic N) is 1. The molecule has 0 fully saturated rings. The average molecular weight is 279 g/mol. The summed E-state index contributed by atoms with van der Waals surface area (Å²) in [5.74, 6) is -1.31. The van der Waals surface area contributed by atoms with Crippen molar-refractivity contribution in [3.8, 4) is 0 Å². The Morgan fingerprint density at radius 2 is 1.86 bits per heavy atom. The predicted octanol–water partition coefficient (Wildman–Crippen LogP) is 3.59. The van der Waals surface area contributed by atoms with Crippen LogP contribution >= 0.6 is 0 Å². The van der Waals surface area contributed by atoms with Crippen molar-refractivity contribution in [3.63, 3.8) is 0 Å². The third-order valence-electron chi connectivity index (χ3n) is 3.94. The molecular weight excluding hydrogens is 262 g/mol. The number of carboxylic acid groups (broad SMARTS) is 1. The van der Waals surface area contributed by atoms with Gasteiger partial charge in [-0.2, -0.15) is 0 Å². The maximum atomic E-state index is 11.7. The van der Waals surface area contributed by atoms with E-state index in [0.717, 1.165) is 22.0 Å². The topological polar surface area (TPSA) is 42.2 Å². The first kappa shape index (κ1) is 13.4. The van der Waals surface area contributed by atoms with Crippen molar-refractivity contribution in [2.24, 2.45) is 7.05 Å². The van der Waals surface area contributed by atoms with Crippen molar-refractivity contribution in [1.82, 2.24) is 4.57 Å². The van der Waals surface area contributed by atoms with E-state index >= 15 is 0 Å². The molecule has 0 spiro atoms. The molecule has 0 saturated heterocycles. The monoisotopic (exact) mass is 279 g/mol. The highest BCUT2D eigenvalue weighted by molar-refractivity contribution is 5.85. The number of aromatic nitrogens is 1. The summed E-state index contributed by atoms with van der Waals surface area (Å²) in [4.78, 5) is 11.7. The number of aryl methyl sites for hydroxylation is 1. The lowest BCUT2D eigenvalue weighted by Gasteiger charge is -2.14. The molecule has 1 atom stereocenters. The highest BCUT2D eigenvalue weighted by Gasteiger charge is 2.21. The Kier molecular flexibility index (Phi) is 3.48. The highest BCUT2D eigenvalue weighted by Crippen LogP contribution is 2.25. The largest absolute Gasteiger partial charge is 0.481 e. The Bertz CT molecular complexity index is 789. The lowest BCUT2D eigenvalue weighted by molar-refractivity contribution is -0.138. The lowest BCUT2D eigenvalue weighted by Crippen LogP contribution is -2.15. The average Bonchev–Trinajstić information content (AvgIpc) is 2.89. The van der Waals surface area contributed by atoms with Gasteiger partial charge in [-0.1, -0.05) is 42.5 Å². The van der Waals surface area contributed by atoms with E-state index in [2.05, 4.69) is 0 Å². The van der Waals surface area contributed by atoms with Crippen LogP contribution in [0, 0.1) is 0 Å². The Morgan fingerprint density at radius 1 is 1.10 bits per heavy atom. The van der Waals surface area contributed by atoms with Crippen molar-refractivity contribution in [2.75, 3.05) is 0 Å². The van der Waals surface area contributed by atoms with Crippen LogP contribution in [-0.4, -0.2) is 15.6 Å². The van der Waals surface area contributed by atoms with Crippen LogP contribution in [0.5, 0.6) is 0 Å². The normalized spacial score (nSPS) is 12.4. The van der Waals surface area contributed by atoms with E-state index in [1.165, 1.54) is 0 Å². The van der Waals surface area contributed by atoms with Gasteiger partial charge < -0.3 is 9.67 Å². The van der Waals surface area contributed by atoms with Crippen LogP contribution < -0.4 is 0 Å². The lowest BCUT2D eigenvalue weighted by atomic mass is 9.92. The number of hydrogen-bond acceptors (Lipinski definition) is 1. The molecule has 106 valence electrons. The molecule has 1 aromatic heterocycles. The van der Waals surface area contributed by atoms with Crippen molar-refractivity contribution in [2.45, 2.75) is 12.3 Å². The summed E-state index contributed by atoms with van der Waals surface area (Å²) in [6.45, 7) is 0. The van der Waals surface area contributed by atoms with Gasteiger partial charge in [-0.25, -0.2) is 0 Å². The van der Waals surface area contributed by atoms with E-state index in [-0.39, 0.29) is 0 Å². The Morgan fingerprint density at radius 3 is 2.52 bits per heavy atom. The molecule has 1 unspecified atom stereocenters.